The van der Waals surface area contributed by atoms with Crippen LogP contribution in [0.3, 0.4) is 0 Å². The van der Waals surface area contributed by atoms with Crippen LogP contribution in [0.1, 0.15) is 52.1 Å². The molecule has 4 rings (SSSR count). The minimum absolute atomic E-state index is 0.0512. The molecule has 2 heterocycles. The van der Waals surface area contributed by atoms with E-state index in [4.69, 9.17) is 0 Å². The van der Waals surface area contributed by atoms with Crippen LogP contribution in [-0.4, -0.2) is 34.3 Å². The van der Waals surface area contributed by atoms with Crippen molar-refractivity contribution in [2.24, 2.45) is 22.7 Å². The van der Waals surface area contributed by atoms with Gasteiger partial charge in [0, 0.05) is 25.2 Å². The van der Waals surface area contributed by atoms with Crippen LogP contribution < -0.4 is 5.32 Å². The van der Waals surface area contributed by atoms with Crippen LogP contribution in [0, 0.1) is 22.7 Å². The van der Waals surface area contributed by atoms with Gasteiger partial charge in [-0.3, -0.25) is 14.6 Å². The van der Waals surface area contributed by atoms with E-state index in [0.29, 0.717) is 25.4 Å². The van der Waals surface area contributed by atoms with Crippen molar-refractivity contribution in [3.05, 3.63) is 30.1 Å². The zero-order valence-electron chi connectivity index (χ0n) is 16.0. The highest BCUT2D eigenvalue weighted by Gasteiger charge is 2.61. The fraction of sp³-hybridized carbons (Fsp3) is 0.667. The first-order valence-electron chi connectivity index (χ1n) is 9.79. The minimum Gasteiger partial charge on any atom is -0.352 e. The molecule has 4 atom stereocenters. The summed E-state index contributed by atoms with van der Waals surface area (Å²) in [6.07, 6.45) is 5.58. The average molecular weight is 355 g/mol. The van der Waals surface area contributed by atoms with E-state index in [1.54, 1.807) is 11.1 Å². The van der Waals surface area contributed by atoms with E-state index in [9.17, 15) is 9.59 Å². The lowest BCUT2D eigenvalue weighted by molar-refractivity contribution is -0.129. The number of hydrogen-bond donors (Lipinski definition) is 1. The Morgan fingerprint density at radius 1 is 1.35 bits per heavy atom. The van der Waals surface area contributed by atoms with Gasteiger partial charge < -0.3 is 10.2 Å². The fourth-order valence-electron chi connectivity index (χ4n) is 5.50. The van der Waals surface area contributed by atoms with Crippen molar-refractivity contribution in [2.75, 3.05) is 6.54 Å². The molecule has 0 spiro atoms. The lowest BCUT2D eigenvalue weighted by atomic mass is 9.69. The molecule has 1 aromatic heterocycles. The van der Waals surface area contributed by atoms with E-state index >= 15 is 0 Å². The minimum atomic E-state index is -0.239. The molecule has 3 aliphatic rings. The van der Waals surface area contributed by atoms with Crippen LogP contribution in [0.25, 0.3) is 0 Å². The molecule has 5 heteroatoms. The van der Waals surface area contributed by atoms with Crippen molar-refractivity contribution in [2.45, 2.75) is 59.0 Å². The molecule has 0 aromatic carbocycles. The maximum Gasteiger partial charge on any atom is 0.225 e. The number of aromatic nitrogens is 1. The van der Waals surface area contributed by atoms with Crippen LogP contribution in [-0.2, 0) is 16.1 Å². The normalized spacial score (nSPS) is 35.1. The molecule has 2 amide bonds. The van der Waals surface area contributed by atoms with Crippen LogP contribution in [0.4, 0.5) is 0 Å². The molecule has 140 valence electrons. The van der Waals surface area contributed by atoms with E-state index in [1.165, 1.54) is 12.8 Å². The number of nitrogens with zero attached hydrogens (tertiary/aromatic N) is 2. The van der Waals surface area contributed by atoms with Crippen molar-refractivity contribution in [3.8, 4) is 0 Å². The Hall–Kier alpha value is -1.91. The van der Waals surface area contributed by atoms with E-state index in [0.717, 1.165) is 12.1 Å². The number of pyridine rings is 1. The molecule has 1 saturated heterocycles. The highest BCUT2D eigenvalue weighted by atomic mass is 16.2. The summed E-state index contributed by atoms with van der Waals surface area (Å²) in [7, 11) is 0. The molecule has 26 heavy (non-hydrogen) atoms. The van der Waals surface area contributed by atoms with Gasteiger partial charge in [-0.1, -0.05) is 26.8 Å². The number of fused-ring (bicyclic) bond motifs is 2. The Bertz CT molecular complexity index is 717. The number of hydrogen-bond acceptors (Lipinski definition) is 3. The van der Waals surface area contributed by atoms with Gasteiger partial charge in [-0.25, -0.2) is 0 Å². The molecule has 1 aromatic rings. The number of rotatable bonds is 4. The van der Waals surface area contributed by atoms with Crippen molar-refractivity contribution in [3.63, 3.8) is 0 Å². The zero-order valence-corrected chi connectivity index (χ0v) is 16.0. The highest BCUT2D eigenvalue weighted by Crippen LogP contribution is 2.65. The number of carbonyl (C=O) groups is 2. The number of likely N-dealkylation sites (tertiary alicyclic amines) is 1. The summed E-state index contributed by atoms with van der Waals surface area (Å²) in [4.78, 5) is 31.3. The van der Waals surface area contributed by atoms with Crippen LogP contribution in [0.5, 0.6) is 0 Å². The molecule has 0 unspecified atom stereocenters. The third-order valence-electron chi connectivity index (χ3n) is 7.77. The van der Waals surface area contributed by atoms with Gasteiger partial charge in [0.05, 0.1) is 18.2 Å². The maximum atomic E-state index is 12.9. The monoisotopic (exact) mass is 355 g/mol. The lowest BCUT2D eigenvalue weighted by Crippen LogP contribution is -2.48. The largest absolute Gasteiger partial charge is 0.352 e. The molecule has 1 N–H and O–H groups in total. The predicted octanol–water partition coefficient (Wildman–Crippen LogP) is 2.76. The second kappa shape index (κ2) is 6.07. The topological polar surface area (TPSA) is 62.3 Å². The van der Waals surface area contributed by atoms with Crippen molar-refractivity contribution < 1.29 is 9.59 Å². The number of carbonyl (C=O) groups excluding carboxylic acids is 2. The van der Waals surface area contributed by atoms with E-state index in [-0.39, 0.29) is 34.6 Å². The quantitative estimate of drug-likeness (QED) is 0.903. The summed E-state index contributed by atoms with van der Waals surface area (Å²) in [5.41, 5.74) is 1.31. The predicted molar refractivity (Wildman–Crippen MR) is 98.9 cm³/mol. The van der Waals surface area contributed by atoms with E-state index in [2.05, 4.69) is 31.1 Å². The number of amides is 2. The van der Waals surface area contributed by atoms with Crippen molar-refractivity contribution in [1.29, 1.82) is 0 Å². The molecule has 2 bridgehead atoms. The third-order valence-corrected chi connectivity index (χ3v) is 7.77. The Morgan fingerprint density at radius 3 is 2.77 bits per heavy atom. The molecule has 3 fully saturated rings. The van der Waals surface area contributed by atoms with Gasteiger partial charge >= 0.3 is 0 Å². The number of nitrogens with one attached hydrogen (secondary N) is 1. The SMILES string of the molecule is CC1(C)[C@H]2CC[C@@]1(C)[C@@H](NC(=O)[C@H]1CC(=O)N(Cc3ccccn3)C1)C2. The van der Waals surface area contributed by atoms with Gasteiger partial charge in [0.25, 0.3) is 0 Å². The van der Waals surface area contributed by atoms with Gasteiger partial charge in [-0.2, -0.15) is 0 Å². The molecule has 0 radical (unpaired) electrons. The average Bonchev–Trinajstić information content (AvgIpc) is 3.14. The first-order valence-corrected chi connectivity index (χ1v) is 9.79. The van der Waals surface area contributed by atoms with E-state index in [1.807, 2.05) is 18.2 Å². The van der Waals surface area contributed by atoms with Crippen molar-refractivity contribution >= 4 is 11.8 Å². The van der Waals surface area contributed by atoms with Gasteiger partial charge in [-0.15, -0.1) is 0 Å². The second-order valence-electron chi connectivity index (χ2n) is 9.17. The Morgan fingerprint density at radius 2 is 2.15 bits per heavy atom. The Labute approximate surface area is 155 Å². The van der Waals surface area contributed by atoms with Crippen LogP contribution >= 0.6 is 0 Å². The van der Waals surface area contributed by atoms with Gasteiger partial charge in [0.1, 0.15) is 0 Å². The Kier molecular flexibility index (Phi) is 4.08. The summed E-state index contributed by atoms with van der Waals surface area (Å²) >= 11 is 0. The van der Waals surface area contributed by atoms with Gasteiger partial charge in [0.2, 0.25) is 11.8 Å². The first-order chi connectivity index (χ1) is 12.3. The Balaban J connectivity index is 1.38. The summed E-state index contributed by atoms with van der Waals surface area (Å²) < 4.78 is 0. The molecule has 2 aliphatic carbocycles. The summed E-state index contributed by atoms with van der Waals surface area (Å²) in [6.45, 7) is 8.02. The summed E-state index contributed by atoms with van der Waals surface area (Å²) in [5, 5.41) is 3.32. The zero-order chi connectivity index (χ0) is 18.5. The van der Waals surface area contributed by atoms with Crippen molar-refractivity contribution in [1.82, 2.24) is 15.2 Å². The van der Waals surface area contributed by atoms with Crippen LogP contribution in [0.15, 0.2) is 24.4 Å². The molecular formula is C21H29N3O2. The summed E-state index contributed by atoms with van der Waals surface area (Å²) in [5.74, 6) is 0.562. The molecular weight excluding hydrogens is 326 g/mol. The second-order valence-corrected chi connectivity index (χ2v) is 9.17. The maximum absolute atomic E-state index is 12.9. The fourth-order valence-corrected chi connectivity index (χ4v) is 5.50. The van der Waals surface area contributed by atoms with Gasteiger partial charge in [-0.05, 0) is 48.1 Å². The lowest BCUT2D eigenvalue weighted by Gasteiger charge is -2.39. The highest BCUT2D eigenvalue weighted by molar-refractivity contribution is 5.89. The van der Waals surface area contributed by atoms with E-state index < -0.39 is 0 Å². The molecule has 5 nitrogen and oxygen atoms in total. The standard InChI is InChI=1S/C21H29N3O2/c1-20(2)15-7-8-21(20,3)17(11-15)23-19(26)14-10-18(25)24(12-14)13-16-6-4-5-9-22-16/h4-6,9,14-15,17H,7-8,10-13H2,1-3H3,(H,23,26)/t14-,15-,17-,21-/m0/s1. The summed E-state index contributed by atoms with van der Waals surface area (Å²) in [6, 6.07) is 5.94. The third kappa shape index (κ3) is 2.63. The first kappa shape index (κ1) is 17.5. The molecule has 1 aliphatic heterocycles. The van der Waals surface area contributed by atoms with Gasteiger partial charge in [0.15, 0.2) is 0 Å². The van der Waals surface area contributed by atoms with Crippen LogP contribution in [0.2, 0.25) is 0 Å². The smallest absolute Gasteiger partial charge is 0.225 e. The molecule has 2 saturated carbocycles.